The van der Waals surface area contributed by atoms with Crippen LogP contribution in [0.2, 0.25) is 0 Å². The minimum atomic E-state index is -1.19. The lowest BCUT2D eigenvalue weighted by Gasteiger charge is -2.67. The molecule has 6 nitrogen and oxygen atoms in total. The molecule has 0 aromatic heterocycles. The lowest BCUT2D eigenvalue weighted by atomic mass is 9.38. The summed E-state index contributed by atoms with van der Waals surface area (Å²) in [6.45, 7) is 11.2. The minimum absolute atomic E-state index is 0.0500. The lowest BCUT2D eigenvalue weighted by molar-refractivity contribution is -0.276. The van der Waals surface area contributed by atoms with E-state index in [1.165, 1.54) is 6.92 Å². The Morgan fingerprint density at radius 2 is 1.86 bits per heavy atom. The van der Waals surface area contributed by atoms with E-state index < -0.39 is 58.5 Å². The summed E-state index contributed by atoms with van der Waals surface area (Å²) in [5.41, 5.74) is -1.74. The molecule has 0 aromatic rings. The Labute approximate surface area is 166 Å². The first-order chi connectivity index (χ1) is 12.9. The fourth-order valence-electron chi connectivity index (χ4n) is 7.78. The average Bonchev–Trinajstić information content (AvgIpc) is 2.78. The van der Waals surface area contributed by atoms with Gasteiger partial charge in [-0.15, -0.1) is 0 Å². The van der Waals surface area contributed by atoms with Crippen LogP contribution in [-0.2, 0) is 14.3 Å². The number of carbonyl (C=O) groups excluding carboxylic acids is 2. The summed E-state index contributed by atoms with van der Waals surface area (Å²) in [4.78, 5) is 25.3. The van der Waals surface area contributed by atoms with Gasteiger partial charge in [-0.3, -0.25) is 9.59 Å². The summed E-state index contributed by atoms with van der Waals surface area (Å²) in [7, 11) is 0. The van der Waals surface area contributed by atoms with E-state index in [1.54, 1.807) is 0 Å². The van der Waals surface area contributed by atoms with Crippen molar-refractivity contribution in [1.29, 1.82) is 0 Å². The van der Waals surface area contributed by atoms with Crippen LogP contribution >= 0.6 is 0 Å². The van der Waals surface area contributed by atoms with Crippen molar-refractivity contribution < 1.29 is 29.6 Å². The van der Waals surface area contributed by atoms with Gasteiger partial charge in [0.15, 0.2) is 0 Å². The molecule has 0 amide bonds. The Kier molecular flexibility index (Phi) is 4.22. The molecule has 0 saturated heterocycles. The number of hydrogen-bond acceptors (Lipinski definition) is 6. The molecule has 4 fully saturated rings. The first-order valence-electron chi connectivity index (χ1n) is 10.3. The Balaban J connectivity index is 1.95. The molecule has 0 radical (unpaired) electrons. The van der Waals surface area contributed by atoms with Crippen LogP contribution in [0.1, 0.15) is 53.4 Å². The van der Waals surface area contributed by atoms with Gasteiger partial charge in [0.05, 0.1) is 12.2 Å². The normalized spacial score (nSPS) is 52.0. The predicted molar refractivity (Wildman–Crippen MR) is 101 cm³/mol. The van der Waals surface area contributed by atoms with Crippen LogP contribution in [0.3, 0.4) is 0 Å². The van der Waals surface area contributed by atoms with Gasteiger partial charge in [-0.1, -0.05) is 27.4 Å². The zero-order valence-electron chi connectivity index (χ0n) is 17.1. The summed E-state index contributed by atoms with van der Waals surface area (Å²) in [5, 5.41) is 33.5. The van der Waals surface area contributed by atoms with E-state index in [4.69, 9.17) is 4.74 Å². The molecule has 0 unspecified atom stereocenters. The predicted octanol–water partition coefficient (Wildman–Crippen LogP) is 1.61. The summed E-state index contributed by atoms with van der Waals surface area (Å²) >= 11 is 0. The average molecular weight is 392 g/mol. The molecule has 2 bridgehead atoms. The molecule has 3 N–H and O–H groups in total. The van der Waals surface area contributed by atoms with Crippen molar-refractivity contribution in [2.24, 2.45) is 34.0 Å². The van der Waals surface area contributed by atoms with Crippen molar-refractivity contribution in [1.82, 2.24) is 0 Å². The van der Waals surface area contributed by atoms with Crippen LogP contribution in [0.4, 0.5) is 0 Å². The van der Waals surface area contributed by atoms with E-state index in [9.17, 15) is 24.9 Å². The second-order valence-corrected chi connectivity index (χ2v) is 10.5. The SMILES string of the molecule is C=C1[C@@H]2CC(=O)[C@H]3[C@]4(C)CC[C@H](O)C(C)(C)[C@H]4[C@@H](OC(C)=O)[C@H](O)[C@]3(C2)[C@@H]1O. The Morgan fingerprint density at radius 3 is 2.46 bits per heavy atom. The maximum Gasteiger partial charge on any atom is 0.303 e. The maximum absolute atomic E-state index is 13.4. The first-order valence-corrected chi connectivity index (χ1v) is 10.3. The summed E-state index contributed by atoms with van der Waals surface area (Å²) in [5.74, 6) is -1.56. The zero-order valence-corrected chi connectivity index (χ0v) is 17.1. The molecule has 1 spiro atoms. The molecule has 4 rings (SSSR count). The number of aliphatic hydroxyl groups excluding tert-OH is 3. The molecule has 156 valence electrons. The maximum atomic E-state index is 13.4. The van der Waals surface area contributed by atoms with E-state index >= 15 is 0 Å². The van der Waals surface area contributed by atoms with Gasteiger partial charge in [0.25, 0.3) is 0 Å². The molecular weight excluding hydrogens is 360 g/mol. The van der Waals surface area contributed by atoms with Gasteiger partial charge in [0.1, 0.15) is 18.0 Å². The topological polar surface area (TPSA) is 104 Å². The molecule has 0 heterocycles. The van der Waals surface area contributed by atoms with Gasteiger partial charge in [-0.2, -0.15) is 0 Å². The van der Waals surface area contributed by atoms with E-state index in [2.05, 4.69) is 6.58 Å². The molecule has 0 aromatic carbocycles. The molecule has 0 aliphatic heterocycles. The number of aliphatic hydroxyl groups is 3. The van der Waals surface area contributed by atoms with Crippen molar-refractivity contribution in [2.45, 2.75) is 77.8 Å². The number of rotatable bonds is 1. The van der Waals surface area contributed by atoms with Gasteiger partial charge >= 0.3 is 5.97 Å². The van der Waals surface area contributed by atoms with Crippen LogP contribution in [0.15, 0.2) is 12.2 Å². The van der Waals surface area contributed by atoms with Crippen molar-refractivity contribution in [2.75, 3.05) is 0 Å². The standard InChI is InChI=1S/C22H32O6/c1-10-12-8-13(24)16-21(5)7-6-14(25)20(3,4)17(21)15(28-11(2)23)19(27)22(16,9-12)18(10)26/h12,14-19,25-27H,1,6-9H2,2-5H3/t12-,14+,15-,16+,17-,18-,19+,21+,22+/m1/s1. The molecule has 4 aliphatic rings. The molecule has 6 heteroatoms. The minimum Gasteiger partial charge on any atom is -0.459 e. The van der Waals surface area contributed by atoms with E-state index in [0.29, 0.717) is 31.3 Å². The van der Waals surface area contributed by atoms with Crippen LogP contribution in [-0.4, -0.2) is 51.5 Å². The molecular formula is C22H32O6. The van der Waals surface area contributed by atoms with Crippen LogP contribution < -0.4 is 0 Å². The Bertz CT molecular complexity index is 743. The smallest absolute Gasteiger partial charge is 0.303 e. The highest BCUT2D eigenvalue weighted by Crippen LogP contribution is 2.71. The first kappa shape index (κ1) is 20.0. The number of carbonyl (C=O) groups is 2. The number of ketones is 1. The fourth-order valence-corrected chi connectivity index (χ4v) is 7.78. The number of ether oxygens (including phenoxy) is 1. The number of hydrogen-bond donors (Lipinski definition) is 3. The molecule has 4 saturated carbocycles. The summed E-state index contributed by atoms with van der Waals surface area (Å²) in [6.07, 6.45) is -1.79. The molecule has 28 heavy (non-hydrogen) atoms. The Hall–Kier alpha value is -1.24. The van der Waals surface area contributed by atoms with E-state index in [1.807, 2.05) is 20.8 Å². The summed E-state index contributed by atoms with van der Waals surface area (Å²) < 4.78 is 5.68. The third-order valence-electron chi connectivity index (χ3n) is 8.77. The highest BCUT2D eigenvalue weighted by Gasteiger charge is 2.76. The van der Waals surface area contributed by atoms with Gasteiger partial charge in [0.2, 0.25) is 0 Å². The number of esters is 1. The van der Waals surface area contributed by atoms with E-state index in [0.717, 1.165) is 0 Å². The van der Waals surface area contributed by atoms with Crippen LogP contribution in [0, 0.1) is 34.0 Å². The van der Waals surface area contributed by atoms with Crippen LogP contribution in [0.25, 0.3) is 0 Å². The zero-order chi connectivity index (χ0) is 20.8. The van der Waals surface area contributed by atoms with Crippen molar-refractivity contribution in [3.05, 3.63) is 12.2 Å². The Morgan fingerprint density at radius 1 is 1.21 bits per heavy atom. The second-order valence-electron chi connectivity index (χ2n) is 10.5. The third kappa shape index (κ3) is 2.20. The monoisotopic (exact) mass is 392 g/mol. The molecule has 4 aliphatic carbocycles. The van der Waals surface area contributed by atoms with E-state index in [-0.39, 0.29) is 11.7 Å². The van der Waals surface area contributed by atoms with Gasteiger partial charge < -0.3 is 20.1 Å². The molecule has 9 atom stereocenters. The lowest BCUT2D eigenvalue weighted by Crippen LogP contribution is -2.73. The number of Topliss-reactive ketones (excluding diaryl/α,β-unsaturated/α-hetero) is 1. The third-order valence-corrected chi connectivity index (χ3v) is 8.77. The quantitative estimate of drug-likeness (QED) is 0.463. The number of fused-ring (bicyclic) bond motifs is 3. The van der Waals surface area contributed by atoms with Crippen LogP contribution in [0.5, 0.6) is 0 Å². The van der Waals surface area contributed by atoms with Gasteiger partial charge in [0, 0.05) is 30.6 Å². The highest BCUT2D eigenvalue weighted by atomic mass is 16.6. The van der Waals surface area contributed by atoms with Gasteiger partial charge in [-0.25, -0.2) is 0 Å². The van der Waals surface area contributed by atoms with Crippen molar-refractivity contribution in [3.63, 3.8) is 0 Å². The summed E-state index contributed by atoms with van der Waals surface area (Å²) in [6, 6.07) is 0. The largest absolute Gasteiger partial charge is 0.459 e. The second kappa shape index (κ2) is 5.89. The highest BCUT2D eigenvalue weighted by molar-refractivity contribution is 5.86. The van der Waals surface area contributed by atoms with Gasteiger partial charge in [-0.05, 0) is 41.6 Å². The van der Waals surface area contributed by atoms with Crippen molar-refractivity contribution >= 4 is 11.8 Å². The fraction of sp³-hybridized carbons (Fsp3) is 0.818. The van der Waals surface area contributed by atoms with Crippen molar-refractivity contribution in [3.8, 4) is 0 Å².